The largest absolute Gasteiger partial charge is 0.573 e. The van der Waals surface area contributed by atoms with E-state index in [0.717, 1.165) is 31.5 Å². The van der Waals surface area contributed by atoms with Gasteiger partial charge in [0.1, 0.15) is 5.75 Å². The van der Waals surface area contributed by atoms with Gasteiger partial charge < -0.3 is 25.6 Å². The van der Waals surface area contributed by atoms with Crippen molar-refractivity contribution in [1.29, 1.82) is 0 Å². The Balaban J connectivity index is 0.894. The smallest absolute Gasteiger partial charge is 0.406 e. The molecular formula is C30H30F3N11O3S2. The second-order valence-electron chi connectivity index (χ2n) is 11.1. The van der Waals surface area contributed by atoms with Crippen LogP contribution in [0, 0.1) is 0 Å². The highest BCUT2D eigenvalue weighted by molar-refractivity contribution is 7.19. The van der Waals surface area contributed by atoms with Gasteiger partial charge in [-0.05, 0) is 36.1 Å². The molecule has 4 heterocycles. The molecule has 2 aromatic carbocycles. The number of anilines is 4. The number of halogens is 3. The van der Waals surface area contributed by atoms with E-state index in [1.165, 1.54) is 46.9 Å². The van der Waals surface area contributed by atoms with Crippen LogP contribution in [0.5, 0.6) is 5.75 Å². The normalized spacial score (nSPS) is 13.7. The fraction of sp³-hybridized carbons (Fsp3) is 0.333. The number of amides is 2. The van der Waals surface area contributed by atoms with E-state index in [4.69, 9.17) is 0 Å². The van der Waals surface area contributed by atoms with Gasteiger partial charge in [0.2, 0.25) is 32.3 Å². The van der Waals surface area contributed by atoms with E-state index in [0.29, 0.717) is 44.7 Å². The van der Waals surface area contributed by atoms with Gasteiger partial charge in [-0.2, -0.15) is 0 Å². The van der Waals surface area contributed by atoms with Crippen LogP contribution in [0.3, 0.4) is 0 Å². The molecule has 0 spiro atoms. The molecule has 0 bridgehead atoms. The van der Waals surface area contributed by atoms with Crippen LogP contribution in [0.15, 0.2) is 60.8 Å². The highest BCUT2D eigenvalue weighted by atomic mass is 32.1. The van der Waals surface area contributed by atoms with E-state index in [9.17, 15) is 22.8 Å². The lowest BCUT2D eigenvalue weighted by molar-refractivity contribution is -0.274. The summed E-state index contributed by atoms with van der Waals surface area (Å²) in [4.78, 5) is 27.0. The Labute approximate surface area is 285 Å². The minimum Gasteiger partial charge on any atom is -0.406 e. The highest BCUT2D eigenvalue weighted by Gasteiger charge is 2.31. The summed E-state index contributed by atoms with van der Waals surface area (Å²) in [7, 11) is 0. The molecule has 49 heavy (non-hydrogen) atoms. The number of hydrogen-bond donors (Lipinski definition) is 3. The van der Waals surface area contributed by atoms with Gasteiger partial charge in [-0.3, -0.25) is 9.59 Å². The predicted molar refractivity (Wildman–Crippen MR) is 177 cm³/mol. The maximum absolute atomic E-state index is 12.6. The molecule has 1 aliphatic rings. The number of carbonyl (C=O) groups excluding carboxylic acids is 2. The van der Waals surface area contributed by atoms with Gasteiger partial charge in [0, 0.05) is 38.2 Å². The SMILES string of the molecule is O=C(Cc1ccccc1)Nc1nnc(NC2CCN(c3nnc(NC(=O)CCc4cn(Cc5ccc(OC(F)(F)F)cc5)nn4)s3)CC2)s1. The van der Waals surface area contributed by atoms with Crippen LogP contribution in [0.1, 0.15) is 36.1 Å². The number of rotatable bonds is 13. The van der Waals surface area contributed by atoms with Crippen molar-refractivity contribution in [2.45, 2.75) is 51.1 Å². The first-order valence-electron chi connectivity index (χ1n) is 15.2. The molecule has 0 unspecified atom stereocenters. The summed E-state index contributed by atoms with van der Waals surface area (Å²) in [6.45, 7) is 1.77. The number of carbonyl (C=O) groups is 2. The van der Waals surface area contributed by atoms with Crippen LogP contribution in [-0.2, 0) is 29.0 Å². The average Bonchev–Trinajstić information content (AvgIpc) is 3.83. The first-order valence-corrected chi connectivity index (χ1v) is 16.8. The topological polar surface area (TPSA) is 165 Å². The van der Waals surface area contributed by atoms with E-state index in [1.54, 1.807) is 10.9 Å². The Hall–Kier alpha value is -5.17. The van der Waals surface area contributed by atoms with Gasteiger partial charge in [0.15, 0.2) is 0 Å². The zero-order valence-corrected chi connectivity index (χ0v) is 27.4. The van der Waals surface area contributed by atoms with Gasteiger partial charge in [-0.1, -0.05) is 70.4 Å². The van der Waals surface area contributed by atoms with E-state index in [1.807, 2.05) is 30.3 Å². The molecular weight excluding hydrogens is 684 g/mol. The number of benzene rings is 2. The van der Waals surface area contributed by atoms with Crippen LogP contribution >= 0.6 is 22.7 Å². The minimum atomic E-state index is -4.75. The number of alkyl halides is 3. The molecule has 19 heteroatoms. The number of piperidine rings is 1. The molecule has 3 N–H and O–H groups in total. The van der Waals surface area contributed by atoms with E-state index < -0.39 is 6.36 Å². The highest BCUT2D eigenvalue weighted by Crippen LogP contribution is 2.29. The molecule has 6 rings (SSSR count). The summed E-state index contributed by atoms with van der Waals surface area (Å²) >= 11 is 2.60. The van der Waals surface area contributed by atoms with Crippen molar-refractivity contribution in [3.05, 3.63) is 77.6 Å². The Bertz CT molecular complexity index is 1840. The average molecular weight is 714 g/mol. The molecule has 256 valence electrons. The number of ether oxygens (including phenoxy) is 1. The van der Waals surface area contributed by atoms with Crippen molar-refractivity contribution in [3.8, 4) is 5.75 Å². The number of nitrogens with zero attached hydrogens (tertiary/aromatic N) is 8. The Morgan fingerprint density at radius 3 is 2.29 bits per heavy atom. The Kier molecular flexibility index (Phi) is 10.6. The molecule has 5 aromatic rings. The third-order valence-electron chi connectivity index (χ3n) is 7.33. The van der Waals surface area contributed by atoms with Gasteiger partial charge in [-0.15, -0.1) is 38.7 Å². The summed E-state index contributed by atoms with van der Waals surface area (Å²) in [5.74, 6) is -0.691. The van der Waals surface area contributed by atoms with Gasteiger partial charge in [0.05, 0.1) is 18.7 Å². The predicted octanol–water partition coefficient (Wildman–Crippen LogP) is 4.76. The van der Waals surface area contributed by atoms with Crippen LogP contribution in [0.4, 0.5) is 33.7 Å². The first kappa shape index (κ1) is 33.7. The second kappa shape index (κ2) is 15.4. The standard InChI is InChI=1S/C30H30F3N11O3S2/c31-30(32,33)47-23-9-6-20(7-10-23)17-44-18-22(37-42-44)8-11-24(45)35-28-40-41-29(49-28)43-14-12-21(13-15-43)34-26-38-39-27(48-26)36-25(46)16-19-4-2-1-3-5-19/h1-7,9-10,18,21H,8,11-17H2,(H,34,38)(H,35,40,45)(H,36,39,46). The van der Waals surface area contributed by atoms with Crippen molar-refractivity contribution in [2.75, 3.05) is 33.9 Å². The summed E-state index contributed by atoms with van der Waals surface area (Å²) in [5, 5.41) is 36.0. The van der Waals surface area contributed by atoms with Crippen molar-refractivity contribution < 1.29 is 27.5 Å². The number of hydrogen-bond acceptors (Lipinski definition) is 13. The molecule has 1 aliphatic heterocycles. The molecule has 0 atom stereocenters. The molecule has 0 radical (unpaired) electrons. The van der Waals surface area contributed by atoms with Crippen LogP contribution in [0.2, 0.25) is 0 Å². The molecule has 0 aliphatic carbocycles. The summed E-state index contributed by atoms with van der Waals surface area (Å²) in [5.41, 5.74) is 2.23. The van der Waals surface area contributed by atoms with Gasteiger partial charge in [0.25, 0.3) is 0 Å². The molecule has 1 saturated heterocycles. The van der Waals surface area contributed by atoms with Crippen LogP contribution in [0.25, 0.3) is 0 Å². The molecule has 3 aromatic heterocycles. The maximum atomic E-state index is 12.6. The zero-order chi connectivity index (χ0) is 34.2. The fourth-order valence-electron chi connectivity index (χ4n) is 5.00. The van der Waals surface area contributed by atoms with Crippen LogP contribution < -0.4 is 25.6 Å². The summed E-state index contributed by atoms with van der Waals surface area (Å²) in [6, 6.07) is 15.2. The lowest BCUT2D eigenvalue weighted by atomic mass is 10.1. The van der Waals surface area contributed by atoms with E-state index in [-0.39, 0.29) is 36.4 Å². The van der Waals surface area contributed by atoms with Crippen molar-refractivity contribution in [2.24, 2.45) is 0 Å². The van der Waals surface area contributed by atoms with Crippen molar-refractivity contribution in [1.82, 2.24) is 35.4 Å². The lowest BCUT2D eigenvalue weighted by Crippen LogP contribution is -2.39. The Morgan fingerprint density at radius 2 is 1.53 bits per heavy atom. The number of aromatic nitrogens is 7. The third-order valence-corrected chi connectivity index (χ3v) is 9.00. The van der Waals surface area contributed by atoms with E-state index >= 15 is 0 Å². The summed E-state index contributed by atoms with van der Waals surface area (Å²) < 4.78 is 42.5. The number of aryl methyl sites for hydroxylation is 1. The molecule has 1 fully saturated rings. The van der Waals surface area contributed by atoms with Crippen molar-refractivity contribution in [3.63, 3.8) is 0 Å². The quantitative estimate of drug-likeness (QED) is 0.154. The second-order valence-corrected chi connectivity index (χ2v) is 13.0. The Morgan fingerprint density at radius 1 is 0.837 bits per heavy atom. The van der Waals surface area contributed by atoms with E-state index in [2.05, 4.69) is 56.3 Å². The van der Waals surface area contributed by atoms with Crippen molar-refractivity contribution >= 4 is 55.0 Å². The molecule has 2 amide bonds. The molecule has 14 nitrogen and oxygen atoms in total. The van der Waals surface area contributed by atoms with Crippen LogP contribution in [-0.4, -0.2) is 72.7 Å². The monoisotopic (exact) mass is 713 g/mol. The summed E-state index contributed by atoms with van der Waals surface area (Å²) in [6.07, 6.45) is -0.650. The van der Waals surface area contributed by atoms with Gasteiger partial charge in [-0.25, -0.2) is 4.68 Å². The maximum Gasteiger partial charge on any atom is 0.573 e. The zero-order valence-electron chi connectivity index (χ0n) is 25.8. The molecule has 0 saturated carbocycles. The fourth-order valence-corrected chi connectivity index (χ4v) is 6.55. The lowest BCUT2D eigenvalue weighted by Gasteiger charge is -2.31. The first-order chi connectivity index (χ1) is 23.6. The minimum absolute atomic E-state index is 0.148. The number of nitrogens with one attached hydrogen (secondary N) is 3. The third kappa shape index (κ3) is 10.2. The van der Waals surface area contributed by atoms with Gasteiger partial charge >= 0.3 is 6.36 Å².